The molecule has 2 rings (SSSR count). The molecule has 0 aliphatic rings. The predicted molar refractivity (Wildman–Crippen MR) is 73.8 cm³/mol. The van der Waals surface area contributed by atoms with Crippen molar-refractivity contribution >= 4 is 29.2 Å². The summed E-state index contributed by atoms with van der Waals surface area (Å²) in [6.07, 6.45) is 0.236. The van der Waals surface area contributed by atoms with Crippen LogP contribution in [0.1, 0.15) is 28.7 Å². The van der Waals surface area contributed by atoms with Gasteiger partial charge in [0.25, 0.3) is 0 Å². The number of hydrogen-bond donors (Lipinski definition) is 1. The minimum atomic E-state index is -0.563. The van der Waals surface area contributed by atoms with Crippen molar-refractivity contribution in [3.05, 3.63) is 33.8 Å². The Bertz CT molecular complexity index is 604. The van der Waals surface area contributed by atoms with Gasteiger partial charge in [0, 0.05) is 0 Å². The van der Waals surface area contributed by atoms with Crippen molar-refractivity contribution in [1.82, 2.24) is 4.98 Å². The summed E-state index contributed by atoms with van der Waals surface area (Å²) in [6.45, 7) is 3.55. The first-order valence-corrected chi connectivity index (χ1v) is 7.00. The molecule has 2 heterocycles. The van der Waals surface area contributed by atoms with E-state index in [0.29, 0.717) is 5.76 Å². The van der Waals surface area contributed by atoms with Crippen molar-refractivity contribution < 1.29 is 18.7 Å². The molecule has 0 atom stereocenters. The monoisotopic (exact) mass is 294 g/mol. The average Bonchev–Trinajstić information content (AvgIpc) is 2.99. The predicted octanol–water partition coefficient (Wildman–Crippen LogP) is 2.40. The van der Waals surface area contributed by atoms with Crippen LogP contribution < -0.4 is 5.32 Å². The van der Waals surface area contributed by atoms with Gasteiger partial charge in [0.1, 0.15) is 5.76 Å². The summed E-state index contributed by atoms with van der Waals surface area (Å²) in [4.78, 5) is 27.3. The van der Waals surface area contributed by atoms with Crippen LogP contribution in [0.15, 0.2) is 21.2 Å². The zero-order valence-electron chi connectivity index (χ0n) is 11.1. The Kier molecular flexibility index (Phi) is 4.52. The quantitative estimate of drug-likeness (QED) is 0.856. The van der Waals surface area contributed by atoms with Gasteiger partial charge in [-0.05, 0) is 36.2 Å². The number of aryl methyl sites for hydroxylation is 1. The zero-order valence-corrected chi connectivity index (χ0v) is 12.0. The lowest BCUT2D eigenvalue weighted by Gasteiger charge is -1.98. The highest BCUT2D eigenvalue weighted by atomic mass is 32.1. The van der Waals surface area contributed by atoms with Crippen molar-refractivity contribution in [2.45, 2.75) is 20.3 Å². The van der Waals surface area contributed by atoms with Crippen LogP contribution in [0, 0.1) is 6.92 Å². The number of nitrogens with zero attached hydrogens (tertiary/aromatic N) is 1. The van der Waals surface area contributed by atoms with Gasteiger partial charge >= 0.3 is 12.0 Å². The van der Waals surface area contributed by atoms with Crippen LogP contribution in [0.25, 0.3) is 0 Å². The van der Waals surface area contributed by atoms with Crippen LogP contribution in [0.4, 0.5) is 6.01 Å². The molecule has 0 fully saturated rings. The number of oxazole rings is 1. The fourth-order valence-electron chi connectivity index (χ4n) is 1.58. The van der Waals surface area contributed by atoms with Crippen LogP contribution in [0.5, 0.6) is 0 Å². The molecule has 20 heavy (non-hydrogen) atoms. The van der Waals surface area contributed by atoms with Crippen molar-refractivity contribution in [2.75, 3.05) is 11.9 Å². The van der Waals surface area contributed by atoms with Crippen LogP contribution in [0.2, 0.25) is 0 Å². The first-order valence-electron chi connectivity index (χ1n) is 6.05. The van der Waals surface area contributed by atoms with E-state index in [1.807, 2.05) is 16.8 Å². The molecule has 7 heteroatoms. The normalized spacial score (nSPS) is 10.3. The number of aromatic nitrogens is 1. The molecular formula is C13H14N2O4S. The second-order valence-electron chi connectivity index (χ2n) is 4.00. The molecule has 1 amide bonds. The number of ether oxygens (including phenoxy) is 1. The third-order valence-corrected chi connectivity index (χ3v) is 3.19. The number of hydrogen-bond acceptors (Lipinski definition) is 6. The molecule has 2 aromatic rings. The SMILES string of the molecule is CCOC(=O)c1nc(NC(=O)Cc2ccsc2)oc1C. The molecule has 0 unspecified atom stereocenters. The van der Waals surface area contributed by atoms with Gasteiger partial charge in [0.05, 0.1) is 13.0 Å². The molecule has 0 spiro atoms. The summed E-state index contributed by atoms with van der Waals surface area (Å²) < 4.78 is 10.1. The summed E-state index contributed by atoms with van der Waals surface area (Å²) in [5, 5.41) is 6.31. The average molecular weight is 294 g/mol. The van der Waals surface area contributed by atoms with E-state index in [1.54, 1.807) is 13.8 Å². The van der Waals surface area contributed by atoms with E-state index in [0.717, 1.165) is 5.56 Å². The number of carbonyl (C=O) groups excluding carboxylic acids is 2. The van der Waals surface area contributed by atoms with Crippen molar-refractivity contribution in [3.63, 3.8) is 0 Å². The summed E-state index contributed by atoms with van der Waals surface area (Å²) in [7, 11) is 0. The Morgan fingerprint density at radius 2 is 2.30 bits per heavy atom. The lowest BCUT2D eigenvalue weighted by atomic mass is 10.2. The van der Waals surface area contributed by atoms with Crippen LogP contribution in [-0.4, -0.2) is 23.5 Å². The number of rotatable bonds is 5. The molecule has 0 radical (unpaired) electrons. The Labute approximate surface area is 119 Å². The summed E-state index contributed by atoms with van der Waals surface area (Å²) in [5.74, 6) is -0.499. The van der Waals surface area contributed by atoms with Gasteiger partial charge < -0.3 is 9.15 Å². The molecule has 0 saturated carbocycles. The van der Waals surface area contributed by atoms with Gasteiger partial charge in [-0.25, -0.2) is 4.79 Å². The molecular weight excluding hydrogens is 280 g/mol. The maximum atomic E-state index is 11.8. The Morgan fingerprint density at radius 1 is 1.50 bits per heavy atom. The van der Waals surface area contributed by atoms with E-state index in [2.05, 4.69) is 10.3 Å². The largest absolute Gasteiger partial charge is 0.461 e. The first kappa shape index (κ1) is 14.3. The van der Waals surface area contributed by atoms with E-state index in [1.165, 1.54) is 11.3 Å². The number of esters is 1. The summed E-state index contributed by atoms with van der Waals surface area (Å²) >= 11 is 1.52. The molecule has 2 aromatic heterocycles. The third-order valence-electron chi connectivity index (χ3n) is 2.46. The number of carbonyl (C=O) groups is 2. The molecule has 106 valence electrons. The number of nitrogens with one attached hydrogen (secondary N) is 1. The standard InChI is InChI=1S/C13H14N2O4S/c1-3-18-12(17)11-8(2)19-13(15-11)14-10(16)6-9-4-5-20-7-9/h4-5,7H,3,6H2,1-2H3,(H,14,15,16). The fraction of sp³-hybridized carbons (Fsp3) is 0.308. The molecule has 1 N–H and O–H groups in total. The first-order chi connectivity index (χ1) is 9.60. The van der Waals surface area contributed by atoms with Gasteiger partial charge in [-0.15, -0.1) is 0 Å². The second-order valence-corrected chi connectivity index (χ2v) is 4.78. The highest BCUT2D eigenvalue weighted by molar-refractivity contribution is 7.08. The fourth-order valence-corrected chi connectivity index (χ4v) is 2.25. The minimum Gasteiger partial charge on any atom is -0.461 e. The Hall–Kier alpha value is -2.15. The van der Waals surface area contributed by atoms with Crippen LogP contribution in [-0.2, 0) is 16.0 Å². The van der Waals surface area contributed by atoms with E-state index >= 15 is 0 Å². The van der Waals surface area contributed by atoms with E-state index in [4.69, 9.17) is 9.15 Å². The summed E-state index contributed by atoms with van der Waals surface area (Å²) in [5.41, 5.74) is 0.999. The molecule has 6 nitrogen and oxygen atoms in total. The zero-order chi connectivity index (χ0) is 14.5. The highest BCUT2D eigenvalue weighted by Gasteiger charge is 2.19. The lowest BCUT2D eigenvalue weighted by molar-refractivity contribution is -0.115. The minimum absolute atomic E-state index is 0.00535. The number of thiophene rings is 1. The van der Waals surface area contributed by atoms with Crippen LogP contribution >= 0.6 is 11.3 Å². The maximum Gasteiger partial charge on any atom is 0.360 e. The molecule has 0 saturated heterocycles. The molecule has 0 bridgehead atoms. The van der Waals surface area contributed by atoms with E-state index < -0.39 is 5.97 Å². The Balaban J connectivity index is 2.01. The van der Waals surface area contributed by atoms with Gasteiger partial charge in [0.15, 0.2) is 5.69 Å². The van der Waals surface area contributed by atoms with Gasteiger partial charge in [-0.1, -0.05) is 0 Å². The van der Waals surface area contributed by atoms with Gasteiger partial charge in [0.2, 0.25) is 5.91 Å². The van der Waals surface area contributed by atoms with Gasteiger partial charge in [-0.3, -0.25) is 10.1 Å². The number of amides is 1. The highest BCUT2D eigenvalue weighted by Crippen LogP contribution is 2.16. The third kappa shape index (κ3) is 3.45. The van der Waals surface area contributed by atoms with Crippen molar-refractivity contribution in [1.29, 1.82) is 0 Å². The molecule has 0 aliphatic carbocycles. The molecule has 0 aliphatic heterocycles. The maximum absolute atomic E-state index is 11.8. The lowest BCUT2D eigenvalue weighted by Crippen LogP contribution is -2.14. The van der Waals surface area contributed by atoms with Gasteiger partial charge in [-0.2, -0.15) is 16.3 Å². The van der Waals surface area contributed by atoms with Crippen LogP contribution in [0.3, 0.4) is 0 Å². The van der Waals surface area contributed by atoms with Crippen molar-refractivity contribution in [2.24, 2.45) is 0 Å². The summed E-state index contributed by atoms with van der Waals surface area (Å²) in [6, 6.07) is 1.88. The molecule has 0 aromatic carbocycles. The van der Waals surface area contributed by atoms with E-state index in [9.17, 15) is 9.59 Å². The smallest absolute Gasteiger partial charge is 0.360 e. The van der Waals surface area contributed by atoms with E-state index in [-0.39, 0.29) is 30.6 Å². The Morgan fingerprint density at radius 3 is 2.95 bits per heavy atom. The van der Waals surface area contributed by atoms with Crippen molar-refractivity contribution in [3.8, 4) is 0 Å². The number of anilines is 1. The topological polar surface area (TPSA) is 81.4 Å². The second kappa shape index (κ2) is 6.33.